The summed E-state index contributed by atoms with van der Waals surface area (Å²) in [5.74, 6) is -1.14. The number of rotatable bonds is 4. The number of nitrogens with zero attached hydrogens (tertiary/aromatic N) is 3. The molecule has 0 unspecified atom stereocenters. The summed E-state index contributed by atoms with van der Waals surface area (Å²) in [6, 6.07) is 4.58. The SMILES string of the molecule is C[C@@H]1CN(c2cc(F)c(-c3cnc4c(c3)OCCO4)cc2NC(=O)c2c[nH]c(=O)cc2C(F)(F)F)CCN1C. The standard InChI is InChI=1S/C26H25F4N5O4/c1-14-13-35(4-3-34(14)2)21-10-19(27)16(15-7-22-25(32-11-15)39-6-5-38-22)8-20(21)33-24(37)17-12-31-23(36)9-18(17)26(28,29)30/h7-12,14H,3-6,13H2,1-2H3,(H,31,36)(H,33,37)/t14-/m1/s1. The number of alkyl halides is 3. The van der Waals surface area contributed by atoms with Gasteiger partial charge in [0.15, 0.2) is 5.75 Å². The molecule has 206 valence electrons. The van der Waals surface area contributed by atoms with E-state index < -0.39 is 34.6 Å². The van der Waals surface area contributed by atoms with Crippen LogP contribution in [0.5, 0.6) is 11.6 Å². The monoisotopic (exact) mass is 547 g/mol. The van der Waals surface area contributed by atoms with Crippen molar-refractivity contribution >= 4 is 17.3 Å². The van der Waals surface area contributed by atoms with Crippen LogP contribution in [0, 0.1) is 5.82 Å². The first-order valence-electron chi connectivity index (χ1n) is 12.2. The third kappa shape index (κ3) is 5.39. The third-order valence-corrected chi connectivity index (χ3v) is 6.82. The van der Waals surface area contributed by atoms with Crippen molar-refractivity contribution < 1.29 is 31.8 Å². The van der Waals surface area contributed by atoms with Gasteiger partial charge in [0.2, 0.25) is 5.56 Å². The second-order valence-electron chi connectivity index (χ2n) is 9.43. The van der Waals surface area contributed by atoms with Crippen molar-refractivity contribution in [1.29, 1.82) is 0 Å². The Balaban J connectivity index is 1.58. The molecule has 0 bridgehead atoms. The van der Waals surface area contributed by atoms with Crippen LogP contribution < -0.4 is 25.2 Å². The predicted octanol–water partition coefficient (Wildman–Crippen LogP) is 3.76. The van der Waals surface area contributed by atoms with Gasteiger partial charge in [0, 0.05) is 55.3 Å². The molecule has 0 spiro atoms. The van der Waals surface area contributed by atoms with E-state index in [2.05, 4.69) is 20.2 Å². The molecule has 1 amide bonds. The minimum Gasteiger partial charge on any atom is -0.484 e. The van der Waals surface area contributed by atoms with E-state index in [-0.39, 0.29) is 23.2 Å². The number of ether oxygens (including phenoxy) is 2. The summed E-state index contributed by atoms with van der Waals surface area (Å²) in [5.41, 5.74) is -2.36. The normalized spacial score (nSPS) is 17.7. The average molecular weight is 548 g/mol. The van der Waals surface area contributed by atoms with Gasteiger partial charge in [0.1, 0.15) is 19.0 Å². The van der Waals surface area contributed by atoms with Gasteiger partial charge in [0.25, 0.3) is 11.8 Å². The molecule has 2 N–H and O–H groups in total. The molecule has 2 aliphatic heterocycles. The Labute approximate surface area is 220 Å². The van der Waals surface area contributed by atoms with Crippen LogP contribution in [0.15, 0.2) is 41.5 Å². The molecule has 1 atom stereocenters. The van der Waals surface area contributed by atoms with Crippen molar-refractivity contribution in [1.82, 2.24) is 14.9 Å². The zero-order valence-electron chi connectivity index (χ0n) is 21.1. The number of benzene rings is 1. The van der Waals surface area contributed by atoms with Crippen LogP contribution in [0.25, 0.3) is 11.1 Å². The summed E-state index contributed by atoms with van der Waals surface area (Å²) in [4.78, 5) is 35.0. The van der Waals surface area contributed by atoms with Gasteiger partial charge in [-0.15, -0.1) is 0 Å². The van der Waals surface area contributed by atoms with E-state index in [0.29, 0.717) is 62.1 Å². The fraction of sp³-hybridized carbons (Fsp3) is 0.346. The van der Waals surface area contributed by atoms with E-state index in [1.165, 1.54) is 18.3 Å². The van der Waals surface area contributed by atoms with Crippen LogP contribution in [0.2, 0.25) is 0 Å². The molecule has 13 heteroatoms. The fourth-order valence-electron chi connectivity index (χ4n) is 4.58. The molecule has 1 fully saturated rings. The summed E-state index contributed by atoms with van der Waals surface area (Å²) in [6.45, 7) is 4.26. The van der Waals surface area contributed by atoms with Crippen molar-refractivity contribution in [2.24, 2.45) is 0 Å². The van der Waals surface area contributed by atoms with Crippen molar-refractivity contribution in [2.75, 3.05) is 50.1 Å². The Morgan fingerprint density at radius 2 is 1.92 bits per heavy atom. The molecule has 39 heavy (non-hydrogen) atoms. The number of amides is 1. The molecule has 1 saturated heterocycles. The first-order valence-corrected chi connectivity index (χ1v) is 12.2. The molecule has 4 heterocycles. The predicted molar refractivity (Wildman–Crippen MR) is 135 cm³/mol. The lowest BCUT2D eigenvalue weighted by Crippen LogP contribution is -2.50. The number of pyridine rings is 2. The van der Waals surface area contributed by atoms with Crippen molar-refractivity contribution in [3.05, 3.63) is 64.0 Å². The molecular formula is C26H25F4N5O4. The first kappa shape index (κ1) is 26.5. The Morgan fingerprint density at radius 1 is 1.15 bits per heavy atom. The number of nitrogens with one attached hydrogen (secondary N) is 2. The fourth-order valence-corrected chi connectivity index (χ4v) is 4.58. The topological polar surface area (TPSA) is 99.8 Å². The van der Waals surface area contributed by atoms with Gasteiger partial charge in [-0.05, 0) is 32.2 Å². The number of aromatic nitrogens is 2. The molecule has 5 rings (SSSR count). The van der Waals surface area contributed by atoms with Gasteiger partial charge in [-0.25, -0.2) is 9.37 Å². The van der Waals surface area contributed by atoms with Crippen LogP contribution >= 0.6 is 0 Å². The lowest BCUT2D eigenvalue weighted by Gasteiger charge is -2.39. The lowest BCUT2D eigenvalue weighted by atomic mass is 10.0. The van der Waals surface area contributed by atoms with E-state index in [1.54, 1.807) is 6.07 Å². The quantitative estimate of drug-likeness (QED) is 0.480. The Morgan fingerprint density at radius 3 is 2.67 bits per heavy atom. The summed E-state index contributed by atoms with van der Waals surface area (Å²) in [7, 11) is 1.96. The maximum absolute atomic E-state index is 15.6. The number of hydrogen-bond donors (Lipinski definition) is 2. The third-order valence-electron chi connectivity index (χ3n) is 6.82. The van der Waals surface area contributed by atoms with Gasteiger partial charge in [0.05, 0.1) is 22.5 Å². The van der Waals surface area contributed by atoms with E-state index in [4.69, 9.17) is 9.47 Å². The maximum Gasteiger partial charge on any atom is 0.417 e. The molecule has 0 aliphatic carbocycles. The van der Waals surface area contributed by atoms with Crippen LogP contribution in [0.4, 0.5) is 28.9 Å². The number of piperazine rings is 1. The van der Waals surface area contributed by atoms with Gasteiger partial charge < -0.3 is 29.6 Å². The summed E-state index contributed by atoms with van der Waals surface area (Å²) in [5, 5.41) is 2.52. The zero-order valence-corrected chi connectivity index (χ0v) is 21.1. The van der Waals surface area contributed by atoms with Gasteiger partial charge in [-0.3, -0.25) is 9.59 Å². The number of hydrogen-bond acceptors (Lipinski definition) is 7. The van der Waals surface area contributed by atoms with Crippen LogP contribution in [0.3, 0.4) is 0 Å². The molecule has 3 aromatic rings. The van der Waals surface area contributed by atoms with E-state index in [9.17, 15) is 22.8 Å². The number of H-pyrrole nitrogens is 1. The highest BCUT2D eigenvalue weighted by Gasteiger charge is 2.36. The molecule has 0 saturated carbocycles. The number of halogens is 4. The molecule has 9 nitrogen and oxygen atoms in total. The molecule has 2 aromatic heterocycles. The second-order valence-corrected chi connectivity index (χ2v) is 9.43. The number of carbonyl (C=O) groups excluding carboxylic acids is 1. The number of anilines is 2. The number of likely N-dealkylation sites (N-methyl/N-ethyl adjacent to an activating group) is 1. The van der Waals surface area contributed by atoms with E-state index >= 15 is 4.39 Å². The number of carbonyl (C=O) groups is 1. The minimum absolute atomic E-state index is 0.0539. The molecular weight excluding hydrogens is 522 g/mol. The highest BCUT2D eigenvalue weighted by atomic mass is 19.4. The minimum atomic E-state index is -4.94. The van der Waals surface area contributed by atoms with E-state index in [1.807, 2.05) is 18.9 Å². The van der Waals surface area contributed by atoms with Crippen molar-refractivity contribution in [3.63, 3.8) is 0 Å². The highest BCUT2D eigenvalue weighted by molar-refractivity contribution is 6.07. The van der Waals surface area contributed by atoms with Crippen molar-refractivity contribution in [3.8, 4) is 22.8 Å². The Hall–Kier alpha value is -4.13. The summed E-state index contributed by atoms with van der Waals surface area (Å²) >= 11 is 0. The van der Waals surface area contributed by atoms with Crippen LogP contribution in [-0.4, -0.2) is 66.7 Å². The largest absolute Gasteiger partial charge is 0.484 e. The van der Waals surface area contributed by atoms with E-state index in [0.717, 1.165) is 0 Å². The van der Waals surface area contributed by atoms with Crippen molar-refractivity contribution in [2.45, 2.75) is 19.1 Å². The molecule has 2 aliphatic rings. The maximum atomic E-state index is 15.6. The molecule has 0 radical (unpaired) electrons. The molecule has 1 aromatic carbocycles. The first-order chi connectivity index (χ1) is 18.5. The zero-order chi connectivity index (χ0) is 27.9. The van der Waals surface area contributed by atoms with Gasteiger partial charge in [-0.2, -0.15) is 13.2 Å². The van der Waals surface area contributed by atoms with Gasteiger partial charge >= 0.3 is 6.18 Å². The average Bonchev–Trinajstić information content (AvgIpc) is 2.90. The smallest absolute Gasteiger partial charge is 0.417 e. The Kier molecular flexibility index (Phi) is 6.93. The van der Waals surface area contributed by atoms with Crippen LogP contribution in [0.1, 0.15) is 22.8 Å². The lowest BCUT2D eigenvalue weighted by molar-refractivity contribution is -0.138. The second kappa shape index (κ2) is 10.2. The van der Waals surface area contributed by atoms with Crippen LogP contribution in [-0.2, 0) is 6.18 Å². The van der Waals surface area contributed by atoms with Gasteiger partial charge in [-0.1, -0.05) is 0 Å². The summed E-state index contributed by atoms with van der Waals surface area (Å²) < 4.78 is 67.4. The number of aromatic amines is 1. The summed E-state index contributed by atoms with van der Waals surface area (Å²) in [6.07, 6.45) is -2.84. The number of fused-ring (bicyclic) bond motifs is 1. The Bertz CT molecular complexity index is 1480. The highest BCUT2D eigenvalue weighted by Crippen LogP contribution is 2.39.